The molecule has 0 aliphatic carbocycles. The second-order valence-corrected chi connectivity index (χ2v) is 7.74. The molecule has 0 bridgehead atoms. The van der Waals surface area contributed by atoms with Crippen LogP contribution >= 0.6 is 0 Å². The molecule has 0 unspecified atom stereocenters. The van der Waals surface area contributed by atoms with Crippen molar-refractivity contribution in [2.24, 2.45) is 23.5 Å². The van der Waals surface area contributed by atoms with E-state index in [1.807, 2.05) is 25.7 Å². The van der Waals surface area contributed by atoms with Crippen LogP contribution in [0.4, 0.5) is 5.82 Å². The molecule has 0 aromatic carbocycles. The van der Waals surface area contributed by atoms with Gasteiger partial charge in [-0.15, -0.1) is 0 Å². The number of aromatic nitrogens is 2. The first-order valence-corrected chi connectivity index (χ1v) is 9.98. The van der Waals surface area contributed by atoms with E-state index in [0.717, 1.165) is 12.2 Å². The Morgan fingerprint density at radius 2 is 1.79 bits per heavy atom. The maximum absolute atomic E-state index is 13.0. The van der Waals surface area contributed by atoms with E-state index in [1.54, 1.807) is 23.5 Å². The monoisotopic (exact) mass is 389 g/mol. The van der Waals surface area contributed by atoms with Crippen LogP contribution in [0.1, 0.15) is 40.0 Å². The number of carbonyl (C=O) groups excluding carboxylic acids is 3. The SMILES string of the molecule is CCC[C@H](C(N)=O)[C@@H](CC(C)C)C(=O)C(=O)N1CCN(c2cnccn2)CC1. The summed E-state index contributed by atoms with van der Waals surface area (Å²) in [7, 11) is 0. The fourth-order valence-corrected chi connectivity index (χ4v) is 3.72. The Labute approximate surface area is 166 Å². The second kappa shape index (κ2) is 10.1. The predicted octanol–water partition coefficient (Wildman–Crippen LogP) is 1.26. The molecule has 2 amide bonds. The van der Waals surface area contributed by atoms with Crippen LogP contribution < -0.4 is 10.6 Å². The van der Waals surface area contributed by atoms with Crippen molar-refractivity contribution in [3.8, 4) is 0 Å². The number of nitrogens with zero attached hydrogens (tertiary/aromatic N) is 4. The van der Waals surface area contributed by atoms with Crippen molar-refractivity contribution in [1.29, 1.82) is 0 Å². The summed E-state index contributed by atoms with van der Waals surface area (Å²) in [6.45, 7) is 7.94. The molecule has 8 nitrogen and oxygen atoms in total. The fourth-order valence-electron chi connectivity index (χ4n) is 3.72. The van der Waals surface area contributed by atoms with Crippen molar-refractivity contribution in [1.82, 2.24) is 14.9 Å². The lowest BCUT2D eigenvalue weighted by atomic mass is 9.79. The number of amides is 2. The van der Waals surface area contributed by atoms with E-state index >= 15 is 0 Å². The van der Waals surface area contributed by atoms with Crippen LogP contribution in [0.3, 0.4) is 0 Å². The lowest BCUT2D eigenvalue weighted by Gasteiger charge is -2.36. The summed E-state index contributed by atoms with van der Waals surface area (Å²) in [5, 5.41) is 0. The topological polar surface area (TPSA) is 109 Å². The minimum atomic E-state index is -0.650. The molecule has 1 aromatic rings. The number of rotatable bonds is 9. The third-order valence-corrected chi connectivity index (χ3v) is 5.16. The third-order valence-electron chi connectivity index (χ3n) is 5.16. The van der Waals surface area contributed by atoms with E-state index in [4.69, 9.17) is 5.73 Å². The summed E-state index contributed by atoms with van der Waals surface area (Å²) in [6, 6.07) is 0. The Kier molecular flexibility index (Phi) is 7.90. The number of ketones is 1. The Morgan fingerprint density at radius 1 is 1.11 bits per heavy atom. The van der Waals surface area contributed by atoms with Crippen molar-refractivity contribution in [2.75, 3.05) is 31.1 Å². The maximum atomic E-state index is 13.0. The zero-order valence-electron chi connectivity index (χ0n) is 17.0. The van der Waals surface area contributed by atoms with Gasteiger partial charge in [0.15, 0.2) is 0 Å². The van der Waals surface area contributed by atoms with E-state index in [9.17, 15) is 14.4 Å². The van der Waals surface area contributed by atoms with Crippen LogP contribution in [-0.2, 0) is 14.4 Å². The first-order chi connectivity index (χ1) is 13.3. The summed E-state index contributed by atoms with van der Waals surface area (Å²) in [5.41, 5.74) is 5.56. The van der Waals surface area contributed by atoms with Crippen LogP contribution in [0.5, 0.6) is 0 Å². The Hall–Kier alpha value is -2.51. The first-order valence-electron chi connectivity index (χ1n) is 9.98. The molecule has 1 aliphatic rings. The largest absolute Gasteiger partial charge is 0.369 e. The molecule has 28 heavy (non-hydrogen) atoms. The van der Waals surface area contributed by atoms with Gasteiger partial charge in [-0.05, 0) is 18.8 Å². The molecule has 8 heteroatoms. The predicted molar refractivity (Wildman–Crippen MR) is 106 cm³/mol. The highest BCUT2D eigenvalue weighted by molar-refractivity contribution is 6.37. The molecule has 1 fully saturated rings. The van der Waals surface area contributed by atoms with Crippen LogP contribution in [0.25, 0.3) is 0 Å². The molecule has 2 N–H and O–H groups in total. The number of nitrogens with two attached hydrogens (primary N) is 1. The fraction of sp³-hybridized carbons (Fsp3) is 0.650. The number of Topliss-reactive ketones (excluding diaryl/α,β-unsaturated/α-hetero) is 1. The molecular weight excluding hydrogens is 358 g/mol. The third kappa shape index (κ3) is 5.50. The molecule has 2 rings (SSSR count). The zero-order valence-corrected chi connectivity index (χ0v) is 17.0. The smallest absolute Gasteiger partial charge is 0.290 e. The second-order valence-electron chi connectivity index (χ2n) is 7.74. The Bertz CT molecular complexity index is 672. The first kappa shape index (κ1) is 21.8. The van der Waals surface area contributed by atoms with Crippen molar-refractivity contribution in [3.05, 3.63) is 18.6 Å². The Morgan fingerprint density at radius 3 is 2.29 bits per heavy atom. The molecule has 0 radical (unpaired) electrons. The molecule has 1 aliphatic heterocycles. The highest BCUT2D eigenvalue weighted by Gasteiger charge is 2.38. The van der Waals surface area contributed by atoms with Crippen LogP contribution in [0, 0.1) is 17.8 Å². The quantitative estimate of drug-likeness (QED) is 0.637. The van der Waals surface area contributed by atoms with E-state index in [-0.39, 0.29) is 5.92 Å². The minimum absolute atomic E-state index is 0.189. The van der Waals surface area contributed by atoms with Gasteiger partial charge in [-0.25, -0.2) is 4.98 Å². The molecule has 154 valence electrons. The molecule has 0 saturated carbocycles. The van der Waals surface area contributed by atoms with Gasteiger partial charge in [0.25, 0.3) is 5.91 Å². The van der Waals surface area contributed by atoms with E-state index < -0.39 is 29.4 Å². The van der Waals surface area contributed by atoms with Gasteiger partial charge < -0.3 is 15.5 Å². The van der Waals surface area contributed by atoms with Gasteiger partial charge in [-0.3, -0.25) is 19.4 Å². The minimum Gasteiger partial charge on any atom is -0.369 e. The van der Waals surface area contributed by atoms with Gasteiger partial charge in [0, 0.05) is 50.4 Å². The standard InChI is InChI=1S/C20H31N5O3/c1-4-5-15(19(21)27)16(12-14(2)3)18(26)20(28)25-10-8-24(9-11-25)17-13-22-6-7-23-17/h6-7,13-16H,4-5,8-12H2,1-3H3,(H2,21,27)/t15-,16+/m0/s1. The molecule has 2 heterocycles. The van der Waals surface area contributed by atoms with Gasteiger partial charge in [-0.1, -0.05) is 27.2 Å². The van der Waals surface area contributed by atoms with Gasteiger partial charge in [0.05, 0.1) is 6.20 Å². The number of primary amides is 1. The van der Waals surface area contributed by atoms with Crippen LogP contribution in [0.15, 0.2) is 18.6 Å². The summed E-state index contributed by atoms with van der Waals surface area (Å²) in [6.07, 6.45) is 6.67. The van der Waals surface area contributed by atoms with Gasteiger partial charge in [0.2, 0.25) is 11.7 Å². The average molecular weight is 390 g/mol. The van der Waals surface area contributed by atoms with Crippen molar-refractivity contribution in [3.63, 3.8) is 0 Å². The molecule has 1 aromatic heterocycles. The van der Waals surface area contributed by atoms with Gasteiger partial charge in [-0.2, -0.15) is 0 Å². The highest BCUT2D eigenvalue weighted by Crippen LogP contribution is 2.26. The van der Waals surface area contributed by atoms with Crippen LogP contribution in [-0.4, -0.2) is 58.6 Å². The van der Waals surface area contributed by atoms with E-state index in [2.05, 4.69) is 9.97 Å². The van der Waals surface area contributed by atoms with Gasteiger partial charge >= 0.3 is 0 Å². The summed E-state index contributed by atoms with van der Waals surface area (Å²) >= 11 is 0. The molecular formula is C20H31N5O3. The number of anilines is 1. The van der Waals surface area contributed by atoms with E-state index in [1.165, 1.54) is 0 Å². The molecule has 2 atom stereocenters. The van der Waals surface area contributed by atoms with Crippen molar-refractivity contribution >= 4 is 23.4 Å². The van der Waals surface area contributed by atoms with Crippen molar-refractivity contribution in [2.45, 2.75) is 40.0 Å². The number of piperazine rings is 1. The lowest BCUT2D eigenvalue weighted by molar-refractivity contribution is -0.149. The summed E-state index contributed by atoms with van der Waals surface area (Å²) in [4.78, 5) is 49.8. The Balaban J connectivity index is 2.06. The summed E-state index contributed by atoms with van der Waals surface area (Å²) in [5.74, 6) is -1.79. The number of hydrogen-bond donors (Lipinski definition) is 1. The molecule has 1 saturated heterocycles. The summed E-state index contributed by atoms with van der Waals surface area (Å²) < 4.78 is 0. The number of carbonyl (C=O) groups is 3. The normalized spacial score (nSPS) is 16.7. The van der Waals surface area contributed by atoms with E-state index in [0.29, 0.717) is 39.0 Å². The average Bonchev–Trinajstić information content (AvgIpc) is 2.70. The van der Waals surface area contributed by atoms with Crippen LogP contribution in [0.2, 0.25) is 0 Å². The van der Waals surface area contributed by atoms with Crippen molar-refractivity contribution < 1.29 is 14.4 Å². The highest BCUT2D eigenvalue weighted by atomic mass is 16.2. The number of hydrogen-bond acceptors (Lipinski definition) is 6. The molecule has 0 spiro atoms. The lowest BCUT2D eigenvalue weighted by Crippen LogP contribution is -2.52. The zero-order chi connectivity index (χ0) is 20.7. The van der Waals surface area contributed by atoms with Gasteiger partial charge in [0.1, 0.15) is 5.82 Å². The maximum Gasteiger partial charge on any atom is 0.290 e.